The zero-order valence-electron chi connectivity index (χ0n) is 16.4. The predicted octanol–water partition coefficient (Wildman–Crippen LogP) is 7.48. The minimum atomic E-state index is -4.58. The van der Waals surface area contributed by atoms with Gasteiger partial charge in [-0.2, -0.15) is 18.2 Å². The molecule has 2 N–H and O–H groups in total. The Bertz CT molecular complexity index is 975. The van der Waals surface area contributed by atoms with Crippen molar-refractivity contribution in [1.29, 1.82) is 0 Å². The third kappa shape index (κ3) is 6.19. The van der Waals surface area contributed by atoms with E-state index in [0.717, 1.165) is 23.5 Å². The van der Waals surface area contributed by atoms with E-state index < -0.39 is 11.7 Å². The number of nitrogens with zero attached hydrogens (tertiary/aromatic N) is 2. The van der Waals surface area contributed by atoms with Crippen molar-refractivity contribution < 1.29 is 13.2 Å². The van der Waals surface area contributed by atoms with Crippen molar-refractivity contribution in [2.75, 3.05) is 10.6 Å². The topological polar surface area (TPSA) is 49.8 Å². The summed E-state index contributed by atoms with van der Waals surface area (Å²) in [7, 11) is 0. The van der Waals surface area contributed by atoms with Crippen LogP contribution in [0.2, 0.25) is 0 Å². The number of anilines is 4. The van der Waals surface area contributed by atoms with E-state index in [1.807, 2.05) is 24.3 Å². The van der Waals surface area contributed by atoms with Crippen molar-refractivity contribution in [3.05, 3.63) is 70.3 Å². The Balaban J connectivity index is 1.80. The molecule has 0 aliphatic heterocycles. The Kier molecular flexibility index (Phi) is 7.31. The van der Waals surface area contributed by atoms with Gasteiger partial charge in [-0.05, 0) is 48.7 Å². The van der Waals surface area contributed by atoms with Gasteiger partial charge in [0, 0.05) is 22.0 Å². The number of halogens is 4. The van der Waals surface area contributed by atoms with Crippen molar-refractivity contribution in [3.8, 4) is 0 Å². The lowest BCUT2D eigenvalue weighted by molar-refractivity contribution is -0.137. The van der Waals surface area contributed by atoms with Crippen molar-refractivity contribution in [1.82, 2.24) is 9.97 Å². The molecule has 4 nitrogen and oxygen atoms in total. The maximum Gasteiger partial charge on any atom is 0.421 e. The van der Waals surface area contributed by atoms with E-state index in [9.17, 15) is 13.2 Å². The van der Waals surface area contributed by atoms with Crippen LogP contribution in [-0.2, 0) is 12.6 Å². The normalized spacial score (nSPS) is 11.4. The maximum absolute atomic E-state index is 13.4. The summed E-state index contributed by atoms with van der Waals surface area (Å²) in [5.74, 6) is -0.228. The molecule has 0 unspecified atom stereocenters. The van der Waals surface area contributed by atoms with Crippen LogP contribution >= 0.6 is 15.9 Å². The summed E-state index contributed by atoms with van der Waals surface area (Å²) in [5, 5.41) is 5.72. The number of hydrogen-bond acceptors (Lipinski definition) is 4. The Morgan fingerprint density at radius 1 is 0.967 bits per heavy atom. The van der Waals surface area contributed by atoms with E-state index in [1.54, 1.807) is 24.3 Å². The Labute approximate surface area is 182 Å². The van der Waals surface area contributed by atoms with Crippen LogP contribution in [0.15, 0.2) is 59.2 Å². The molecule has 0 aliphatic rings. The SMILES string of the molecule is CCCCCc1ccc(Nc2ncc(C(F)(F)F)c(Nc3cccc(Br)c3)n2)cc1. The fraction of sp³-hybridized carbons (Fsp3) is 0.273. The molecule has 0 aliphatic carbocycles. The molecule has 0 fully saturated rings. The van der Waals surface area contributed by atoms with Gasteiger partial charge >= 0.3 is 6.18 Å². The second-order valence-electron chi connectivity index (χ2n) is 6.87. The minimum absolute atomic E-state index is 0.0826. The summed E-state index contributed by atoms with van der Waals surface area (Å²) < 4.78 is 41.0. The molecule has 158 valence electrons. The molecule has 30 heavy (non-hydrogen) atoms. The average molecular weight is 479 g/mol. The van der Waals surface area contributed by atoms with Crippen LogP contribution in [0.25, 0.3) is 0 Å². The third-order valence-electron chi connectivity index (χ3n) is 4.46. The highest BCUT2D eigenvalue weighted by Gasteiger charge is 2.35. The molecule has 0 spiro atoms. The van der Waals surface area contributed by atoms with Gasteiger partial charge in [0.15, 0.2) is 0 Å². The summed E-state index contributed by atoms with van der Waals surface area (Å²) in [6, 6.07) is 14.6. The highest BCUT2D eigenvalue weighted by Crippen LogP contribution is 2.35. The van der Waals surface area contributed by atoms with Crippen LogP contribution in [0.3, 0.4) is 0 Å². The molecule has 0 bridgehead atoms. The molecular formula is C22H22BrF3N4. The summed E-state index contributed by atoms with van der Waals surface area (Å²) in [6.07, 6.45) is 0.706. The number of rotatable bonds is 8. The zero-order chi connectivity index (χ0) is 21.6. The van der Waals surface area contributed by atoms with Gasteiger partial charge in [-0.25, -0.2) is 4.98 Å². The number of aromatic nitrogens is 2. The summed E-state index contributed by atoms with van der Waals surface area (Å²) >= 11 is 3.31. The van der Waals surface area contributed by atoms with Gasteiger partial charge in [-0.3, -0.25) is 0 Å². The average Bonchev–Trinajstić information content (AvgIpc) is 2.69. The van der Waals surface area contributed by atoms with Crippen molar-refractivity contribution in [2.24, 2.45) is 0 Å². The predicted molar refractivity (Wildman–Crippen MR) is 117 cm³/mol. The molecule has 3 aromatic rings. The highest BCUT2D eigenvalue weighted by atomic mass is 79.9. The monoisotopic (exact) mass is 478 g/mol. The molecule has 8 heteroatoms. The molecular weight excluding hydrogens is 457 g/mol. The van der Waals surface area contributed by atoms with Gasteiger partial charge in [-0.15, -0.1) is 0 Å². The van der Waals surface area contributed by atoms with Gasteiger partial charge in [0.2, 0.25) is 5.95 Å². The van der Waals surface area contributed by atoms with Crippen LogP contribution in [0.4, 0.5) is 36.3 Å². The van der Waals surface area contributed by atoms with Gasteiger partial charge < -0.3 is 10.6 Å². The smallest absolute Gasteiger partial charge is 0.340 e. The molecule has 0 atom stereocenters. The molecule has 0 radical (unpaired) electrons. The molecule has 1 aromatic heterocycles. The fourth-order valence-electron chi connectivity index (χ4n) is 2.91. The first kappa shape index (κ1) is 22.1. The summed E-state index contributed by atoms with van der Waals surface area (Å²) in [4.78, 5) is 7.93. The summed E-state index contributed by atoms with van der Waals surface area (Å²) in [6.45, 7) is 2.16. The molecule has 3 rings (SSSR count). The van der Waals surface area contributed by atoms with Crippen molar-refractivity contribution in [2.45, 2.75) is 38.8 Å². The van der Waals surface area contributed by atoms with Crippen LogP contribution < -0.4 is 10.6 Å². The van der Waals surface area contributed by atoms with Gasteiger partial charge in [0.25, 0.3) is 0 Å². The lowest BCUT2D eigenvalue weighted by Crippen LogP contribution is -2.12. The second-order valence-corrected chi connectivity index (χ2v) is 7.78. The lowest BCUT2D eigenvalue weighted by Gasteiger charge is -2.15. The highest BCUT2D eigenvalue weighted by molar-refractivity contribution is 9.10. The fourth-order valence-corrected chi connectivity index (χ4v) is 3.31. The van der Waals surface area contributed by atoms with Gasteiger partial charge in [0.05, 0.1) is 0 Å². The molecule has 0 saturated carbocycles. The van der Waals surface area contributed by atoms with E-state index in [-0.39, 0.29) is 11.8 Å². The minimum Gasteiger partial charge on any atom is -0.340 e. The van der Waals surface area contributed by atoms with E-state index in [4.69, 9.17) is 0 Å². The van der Waals surface area contributed by atoms with E-state index in [1.165, 1.54) is 18.4 Å². The second kappa shape index (κ2) is 9.93. The quantitative estimate of drug-likeness (QED) is 0.329. The lowest BCUT2D eigenvalue weighted by atomic mass is 10.1. The third-order valence-corrected chi connectivity index (χ3v) is 4.95. The van der Waals surface area contributed by atoms with E-state index in [0.29, 0.717) is 11.4 Å². The molecule has 2 aromatic carbocycles. The Morgan fingerprint density at radius 2 is 1.73 bits per heavy atom. The standard InChI is InChI=1S/C22H22BrF3N4/c1-2-3-4-6-15-9-11-17(12-10-15)29-21-27-14-19(22(24,25)26)20(30-21)28-18-8-5-7-16(23)13-18/h5,7-14H,2-4,6H2,1H3,(H2,27,28,29,30). The van der Waals surface area contributed by atoms with Gasteiger partial charge in [-0.1, -0.05) is 53.9 Å². The molecule has 0 saturated heterocycles. The number of unbranched alkanes of at least 4 members (excludes halogenated alkanes) is 2. The first-order valence-electron chi connectivity index (χ1n) is 9.68. The number of benzene rings is 2. The van der Waals surface area contributed by atoms with Crippen molar-refractivity contribution >= 4 is 39.1 Å². The number of alkyl halides is 3. The molecule has 1 heterocycles. The van der Waals surface area contributed by atoms with E-state index >= 15 is 0 Å². The zero-order valence-corrected chi connectivity index (χ0v) is 18.0. The maximum atomic E-state index is 13.4. The number of nitrogens with one attached hydrogen (secondary N) is 2. The largest absolute Gasteiger partial charge is 0.421 e. The first-order chi connectivity index (χ1) is 14.3. The van der Waals surface area contributed by atoms with Crippen LogP contribution in [0.1, 0.15) is 37.3 Å². The molecule has 0 amide bonds. The Morgan fingerprint density at radius 3 is 2.40 bits per heavy atom. The number of aryl methyl sites for hydroxylation is 1. The van der Waals surface area contributed by atoms with Gasteiger partial charge in [0.1, 0.15) is 11.4 Å². The van der Waals surface area contributed by atoms with Crippen LogP contribution in [-0.4, -0.2) is 9.97 Å². The van der Waals surface area contributed by atoms with E-state index in [2.05, 4.69) is 43.5 Å². The number of hydrogen-bond donors (Lipinski definition) is 2. The first-order valence-corrected chi connectivity index (χ1v) is 10.5. The van der Waals surface area contributed by atoms with Crippen LogP contribution in [0.5, 0.6) is 0 Å². The summed E-state index contributed by atoms with van der Waals surface area (Å²) in [5.41, 5.74) is 1.48. The Hall–Kier alpha value is -2.61. The van der Waals surface area contributed by atoms with Crippen molar-refractivity contribution in [3.63, 3.8) is 0 Å². The van der Waals surface area contributed by atoms with Crippen LogP contribution in [0, 0.1) is 0 Å².